The van der Waals surface area contributed by atoms with E-state index in [2.05, 4.69) is 20.2 Å². The third-order valence-corrected chi connectivity index (χ3v) is 4.00. The molecule has 0 saturated heterocycles. The van der Waals surface area contributed by atoms with Crippen LogP contribution in [0.2, 0.25) is 0 Å². The molecule has 0 saturated carbocycles. The molecule has 1 heterocycles. The predicted octanol–water partition coefficient (Wildman–Crippen LogP) is 2.94. The zero-order chi connectivity index (χ0) is 17.2. The standard InChI is InChI=1S/C16H20N4O2S/c1-9-11(14(21)18-16(3,4)5)7-6-8-12(9)17-15(22)13-10(2)19-20-23-13/h6-8H,1-5H3,(H,17,22)(H,18,21). The SMILES string of the molecule is Cc1nnsc1C(=O)Nc1cccc(C(=O)NC(C)(C)C)c1C. The lowest BCUT2D eigenvalue weighted by Gasteiger charge is -2.21. The van der Waals surface area contributed by atoms with Crippen LogP contribution in [0.5, 0.6) is 0 Å². The molecule has 0 aliphatic heterocycles. The van der Waals surface area contributed by atoms with Gasteiger partial charge in [0.1, 0.15) is 4.88 Å². The van der Waals surface area contributed by atoms with Crippen LogP contribution < -0.4 is 10.6 Å². The monoisotopic (exact) mass is 332 g/mol. The number of carbonyl (C=O) groups is 2. The van der Waals surface area contributed by atoms with Crippen molar-refractivity contribution in [2.75, 3.05) is 5.32 Å². The highest BCUT2D eigenvalue weighted by Crippen LogP contribution is 2.21. The number of rotatable bonds is 3. The minimum Gasteiger partial charge on any atom is -0.347 e. The summed E-state index contributed by atoms with van der Waals surface area (Å²) in [5.74, 6) is -0.435. The fraction of sp³-hybridized carbons (Fsp3) is 0.375. The summed E-state index contributed by atoms with van der Waals surface area (Å²) in [6, 6.07) is 5.26. The lowest BCUT2D eigenvalue weighted by atomic mass is 10.0. The molecule has 0 spiro atoms. The summed E-state index contributed by atoms with van der Waals surface area (Å²) in [7, 11) is 0. The van der Waals surface area contributed by atoms with Crippen LogP contribution in [-0.2, 0) is 0 Å². The summed E-state index contributed by atoms with van der Waals surface area (Å²) >= 11 is 1.05. The van der Waals surface area contributed by atoms with E-state index in [-0.39, 0.29) is 17.4 Å². The maximum atomic E-state index is 12.4. The minimum atomic E-state index is -0.325. The van der Waals surface area contributed by atoms with Gasteiger partial charge in [-0.05, 0) is 63.8 Å². The van der Waals surface area contributed by atoms with Gasteiger partial charge in [-0.3, -0.25) is 9.59 Å². The minimum absolute atomic E-state index is 0.165. The molecule has 2 amide bonds. The van der Waals surface area contributed by atoms with Gasteiger partial charge in [0.05, 0.1) is 5.69 Å². The molecule has 0 atom stereocenters. The molecule has 0 aliphatic rings. The van der Waals surface area contributed by atoms with E-state index in [1.54, 1.807) is 25.1 Å². The molecular formula is C16H20N4O2S. The van der Waals surface area contributed by atoms with Crippen LogP contribution in [0, 0.1) is 13.8 Å². The van der Waals surface area contributed by atoms with E-state index in [4.69, 9.17) is 0 Å². The molecule has 6 nitrogen and oxygen atoms in total. The Kier molecular flexibility index (Phi) is 4.79. The van der Waals surface area contributed by atoms with Crippen LogP contribution in [0.3, 0.4) is 0 Å². The maximum absolute atomic E-state index is 12.4. The number of aryl methyl sites for hydroxylation is 1. The summed E-state index contributed by atoms with van der Waals surface area (Å²) in [5, 5.41) is 9.58. The quantitative estimate of drug-likeness (QED) is 0.905. The van der Waals surface area contributed by atoms with Gasteiger partial charge >= 0.3 is 0 Å². The van der Waals surface area contributed by atoms with Gasteiger partial charge in [-0.25, -0.2) is 0 Å². The molecule has 2 aromatic rings. The average molecular weight is 332 g/mol. The van der Waals surface area contributed by atoms with Crippen molar-refractivity contribution in [3.05, 3.63) is 39.9 Å². The van der Waals surface area contributed by atoms with Gasteiger partial charge in [-0.1, -0.05) is 10.6 Å². The Morgan fingerprint density at radius 1 is 1.13 bits per heavy atom. The molecular weight excluding hydrogens is 312 g/mol. The molecule has 23 heavy (non-hydrogen) atoms. The van der Waals surface area contributed by atoms with Crippen molar-refractivity contribution in [3.63, 3.8) is 0 Å². The third-order valence-electron chi connectivity index (χ3n) is 3.17. The molecule has 0 radical (unpaired) electrons. The third kappa shape index (κ3) is 4.13. The summed E-state index contributed by atoms with van der Waals surface area (Å²) in [6.07, 6.45) is 0. The molecule has 0 aliphatic carbocycles. The van der Waals surface area contributed by atoms with Gasteiger partial charge in [-0.15, -0.1) is 5.10 Å². The second-order valence-corrected chi connectivity index (χ2v) is 7.08. The second kappa shape index (κ2) is 6.45. The van der Waals surface area contributed by atoms with Crippen LogP contribution in [0.4, 0.5) is 5.69 Å². The van der Waals surface area contributed by atoms with Crippen LogP contribution in [0.25, 0.3) is 0 Å². The Labute approximate surface area is 139 Å². The molecule has 122 valence electrons. The first kappa shape index (κ1) is 17.1. The van der Waals surface area contributed by atoms with E-state index in [1.165, 1.54) is 0 Å². The smallest absolute Gasteiger partial charge is 0.269 e. The van der Waals surface area contributed by atoms with Gasteiger partial charge < -0.3 is 10.6 Å². The fourth-order valence-corrected chi connectivity index (χ4v) is 2.60. The number of anilines is 1. The lowest BCUT2D eigenvalue weighted by Crippen LogP contribution is -2.40. The zero-order valence-corrected chi connectivity index (χ0v) is 14.7. The highest BCUT2D eigenvalue weighted by atomic mass is 32.1. The zero-order valence-electron chi connectivity index (χ0n) is 13.9. The van der Waals surface area contributed by atoms with Crippen LogP contribution in [0.1, 0.15) is 52.1 Å². The van der Waals surface area contributed by atoms with E-state index in [9.17, 15) is 9.59 Å². The van der Waals surface area contributed by atoms with Crippen LogP contribution >= 0.6 is 11.5 Å². The van der Waals surface area contributed by atoms with Crippen molar-refractivity contribution in [2.24, 2.45) is 0 Å². The molecule has 1 aromatic carbocycles. The highest BCUT2D eigenvalue weighted by molar-refractivity contribution is 7.08. The van der Waals surface area contributed by atoms with E-state index < -0.39 is 0 Å². The Morgan fingerprint density at radius 3 is 2.39 bits per heavy atom. The maximum Gasteiger partial charge on any atom is 0.269 e. The van der Waals surface area contributed by atoms with E-state index >= 15 is 0 Å². The van der Waals surface area contributed by atoms with Crippen LogP contribution in [-0.4, -0.2) is 26.9 Å². The average Bonchev–Trinajstić information content (AvgIpc) is 2.85. The highest BCUT2D eigenvalue weighted by Gasteiger charge is 2.19. The van der Waals surface area contributed by atoms with E-state index in [0.717, 1.165) is 17.1 Å². The second-order valence-electron chi connectivity index (χ2n) is 6.32. The molecule has 2 rings (SSSR count). The van der Waals surface area contributed by atoms with Gasteiger partial charge in [-0.2, -0.15) is 0 Å². The number of benzene rings is 1. The van der Waals surface area contributed by atoms with Crippen molar-refractivity contribution in [1.82, 2.24) is 14.9 Å². The lowest BCUT2D eigenvalue weighted by molar-refractivity contribution is 0.0918. The molecule has 7 heteroatoms. The first-order chi connectivity index (χ1) is 10.7. The van der Waals surface area contributed by atoms with Gasteiger partial charge in [0, 0.05) is 16.8 Å². The van der Waals surface area contributed by atoms with Crippen molar-refractivity contribution in [2.45, 2.75) is 40.2 Å². The first-order valence-electron chi connectivity index (χ1n) is 7.21. The van der Waals surface area contributed by atoms with Crippen molar-refractivity contribution >= 4 is 29.0 Å². The Balaban J connectivity index is 2.25. The Morgan fingerprint density at radius 2 is 1.83 bits per heavy atom. The predicted molar refractivity (Wildman–Crippen MR) is 91.0 cm³/mol. The Bertz CT molecular complexity index is 747. The van der Waals surface area contributed by atoms with Crippen molar-refractivity contribution < 1.29 is 9.59 Å². The summed E-state index contributed by atoms with van der Waals surface area (Å²) in [4.78, 5) is 25.1. The number of nitrogens with one attached hydrogen (secondary N) is 2. The largest absolute Gasteiger partial charge is 0.347 e. The van der Waals surface area contributed by atoms with Crippen molar-refractivity contribution in [1.29, 1.82) is 0 Å². The fourth-order valence-electron chi connectivity index (χ4n) is 2.04. The summed E-state index contributed by atoms with van der Waals surface area (Å²) < 4.78 is 3.76. The van der Waals surface area contributed by atoms with Gasteiger partial charge in [0.25, 0.3) is 11.8 Å². The van der Waals surface area contributed by atoms with E-state index in [1.807, 2.05) is 27.7 Å². The number of aromatic nitrogens is 2. The summed E-state index contributed by atoms with van der Waals surface area (Å²) in [5.41, 5.74) is 2.12. The first-order valence-corrected chi connectivity index (χ1v) is 7.99. The molecule has 0 unspecified atom stereocenters. The number of amides is 2. The van der Waals surface area contributed by atoms with E-state index in [0.29, 0.717) is 21.8 Å². The number of hydrogen-bond acceptors (Lipinski definition) is 5. The van der Waals surface area contributed by atoms with Gasteiger partial charge in [0.15, 0.2) is 0 Å². The normalized spacial score (nSPS) is 11.2. The Hall–Kier alpha value is -2.28. The van der Waals surface area contributed by atoms with Gasteiger partial charge in [0.2, 0.25) is 0 Å². The number of hydrogen-bond donors (Lipinski definition) is 2. The molecule has 0 bridgehead atoms. The number of carbonyl (C=O) groups excluding carboxylic acids is 2. The molecule has 0 fully saturated rings. The summed E-state index contributed by atoms with van der Waals surface area (Å²) in [6.45, 7) is 9.31. The topological polar surface area (TPSA) is 84.0 Å². The number of nitrogens with zero attached hydrogens (tertiary/aromatic N) is 2. The van der Waals surface area contributed by atoms with Crippen LogP contribution in [0.15, 0.2) is 18.2 Å². The van der Waals surface area contributed by atoms with Crippen molar-refractivity contribution in [3.8, 4) is 0 Å². The molecule has 1 aromatic heterocycles. The molecule has 2 N–H and O–H groups in total.